The molecule has 1 aromatic carbocycles. The molecule has 2 aromatic rings. The molecule has 0 unspecified atom stereocenters. The molecule has 3 fully saturated rings. The number of fused-ring (bicyclic) bond motifs is 5. The number of rotatable bonds is 3. The molecule has 200 valence electrons. The summed E-state index contributed by atoms with van der Waals surface area (Å²) in [5, 5.41) is -0.234. The van der Waals surface area contributed by atoms with Crippen molar-refractivity contribution in [1.29, 1.82) is 0 Å². The normalized spacial score (nSPS) is 29.2. The lowest BCUT2D eigenvalue weighted by Crippen LogP contribution is -2.58. The zero-order valence-corrected chi connectivity index (χ0v) is 20.0. The summed E-state index contributed by atoms with van der Waals surface area (Å²) in [5.41, 5.74) is 3.27. The second-order valence-corrected chi connectivity index (χ2v) is 10.0. The molecule has 2 bridgehead atoms. The summed E-state index contributed by atoms with van der Waals surface area (Å²) >= 11 is 5.81. The molecule has 14 heteroatoms. The van der Waals surface area contributed by atoms with Gasteiger partial charge in [0.15, 0.2) is 5.79 Å². The minimum atomic E-state index is -5.13. The molecule has 2 aliphatic heterocycles. The first kappa shape index (κ1) is 26.0. The maximum Gasteiger partial charge on any atom is 0.433 e. The van der Waals surface area contributed by atoms with Gasteiger partial charge in [0, 0.05) is 5.92 Å². The topological polar surface area (TPSA) is 73.0 Å². The number of hydrogen-bond donors (Lipinski definition) is 1. The molecule has 0 radical (unpaired) electrons. The van der Waals surface area contributed by atoms with Crippen molar-refractivity contribution in [2.45, 2.75) is 62.7 Å². The van der Waals surface area contributed by atoms with Crippen molar-refractivity contribution in [3.8, 4) is 0 Å². The van der Waals surface area contributed by atoms with E-state index in [9.17, 15) is 30.7 Å². The number of nitrogens with two attached hydrogens (primary N) is 1. The summed E-state index contributed by atoms with van der Waals surface area (Å²) in [6.07, 6.45) is -11.1. The fraction of sp³-hybridized carbons (Fsp3) is 0.478. The van der Waals surface area contributed by atoms with Gasteiger partial charge in [-0.15, -0.1) is 0 Å². The Morgan fingerprint density at radius 1 is 1.08 bits per heavy atom. The maximum atomic E-state index is 13.6. The molecule has 6 nitrogen and oxygen atoms in total. The van der Waals surface area contributed by atoms with E-state index in [0.717, 1.165) is 6.07 Å². The third-order valence-electron chi connectivity index (χ3n) is 6.70. The number of nitrogens with zero attached hydrogens (tertiary/aromatic N) is 3. The van der Waals surface area contributed by atoms with Crippen LogP contribution in [0.1, 0.15) is 31.5 Å². The van der Waals surface area contributed by atoms with E-state index in [1.807, 2.05) is 0 Å². The van der Waals surface area contributed by atoms with Gasteiger partial charge in [0.05, 0.1) is 34.5 Å². The zero-order chi connectivity index (χ0) is 27.1. The molecule has 2 saturated heterocycles. The molecular formula is C23H20ClF7N4O2. The van der Waals surface area contributed by atoms with E-state index in [1.54, 1.807) is 13.8 Å². The molecule has 5 rings (SSSR count). The number of halogens is 8. The fourth-order valence-electron chi connectivity index (χ4n) is 5.39. The summed E-state index contributed by atoms with van der Waals surface area (Å²) in [6, 6.07) is 2.40. The van der Waals surface area contributed by atoms with E-state index in [4.69, 9.17) is 26.8 Å². The molecule has 3 aliphatic rings. The number of aliphatic imine (C=N–C) groups is 1. The van der Waals surface area contributed by atoms with Crippen molar-refractivity contribution in [2.75, 3.05) is 4.90 Å². The van der Waals surface area contributed by atoms with Gasteiger partial charge in [0.25, 0.3) is 0 Å². The SMILES string of the molecule is CC1(C)O[C@H]2[C@H]3C[C@@H]([C@H]2O1)N(c1cc(C(F)(F)F)cc(C(F)(F)F)n1)[C@@H]3C(N)=Nc1ccc(F)c(Cl)c1. The van der Waals surface area contributed by atoms with Crippen LogP contribution in [0.25, 0.3) is 0 Å². The molecule has 1 aromatic heterocycles. The van der Waals surface area contributed by atoms with Crippen molar-refractivity contribution in [3.05, 3.63) is 52.4 Å². The molecule has 5 atom stereocenters. The number of alkyl halides is 6. The fourth-order valence-corrected chi connectivity index (χ4v) is 5.56. The van der Waals surface area contributed by atoms with Gasteiger partial charge in [0.2, 0.25) is 0 Å². The lowest BCUT2D eigenvalue weighted by atomic mass is 9.93. The van der Waals surface area contributed by atoms with E-state index >= 15 is 0 Å². The van der Waals surface area contributed by atoms with Crippen LogP contribution in [0.4, 0.5) is 42.2 Å². The van der Waals surface area contributed by atoms with Gasteiger partial charge in [-0.2, -0.15) is 26.3 Å². The maximum absolute atomic E-state index is 13.6. The van der Waals surface area contributed by atoms with Crippen molar-refractivity contribution >= 4 is 28.9 Å². The van der Waals surface area contributed by atoms with Gasteiger partial charge in [-0.1, -0.05) is 11.6 Å². The largest absolute Gasteiger partial charge is 0.433 e. The molecule has 3 heterocycles. The summed E-state index contributed by atoms with van der Waals surface area (Å²) in [4.78, 5) is 9.12. The first-order chi connectivity index (χ1) is 17.0. The Bertz CT molecular complexity index is 1230. The number of benzene rings is 1. The standard InChI is InChI=1S/C23H20ClF7N4O2/c1-21(2)36-18-11-8-14(19(18)37-21)35(17(11)20(32)33-10-3-4-13(25)12(24)7-10)16-6-9(22(26,27)28)5-15(34-16)23(29,30)31/h3-7,11,14,17-19H,8H2,1-2H3,(H2,32,33)/t11-,14-,17-,18-,19+/m0/s1. The summed E-state index contributed by atoms with van der Waals surface area (Å²) in [6.45, 7) is 3.32. The number of piperidine rings is 1. The minimum Gasteiger partial charge on any atom is -0.385 e. The van der Waals surface area contributed by atoms with Crippen LogP contribution in [-0.2, 0) is 21.8 Å². The number of anilines is 1. The average Bonchev–Trinajstić information content (AvgIpc) is 3.41. The third kappa shape index (κ3) is 4.61. The quantitative estimate of drug-likeness (QED) is 0.301. The van der Waals surface area contributed by atoms with E-state index in [1.165, 1.54) is 17.0 Å². The molecule has 0 amide bonds. The number of hydrogen-bond acceptors (Lipinski definition) is 5. The van der Waals surface area contributed by atoms with Crippen LogP contribution >= 0.6 is 11.6 Å². The Balaban J connectivity index is 1.64. The first-order valence-corrected chi connectivity index (χ1v) is 11.5. The lowest BCUT2D eigenvalue weighted by Gasteiger charge is -2.40. The van der Waals surface area contributed by atoms with Gasteiger partial charge in [0.1, 0.15) is 29.3 Å². The van der Waals surface area contributed by atoms with Gasteiger partial charge in [-0.3, -0.25) is 0 Å². The Morgan fingerprint density at radius 2 is 1.76 bits per heavy atom. The summed E-state index contributed by atoms with van der Waals surface area (Å²) in [7, 11) is 0. The van der Waals surface area contributed by atoms with Crippen LogP contribution in [-0.4, -0.2) is 40.9 Å². The Kier molecular flexibility index (Phi) is 5.92. The van der Waals surface area contributed by atoms with Crippen LogP contribution < -0.4 is 10.6 Å². The van der Waals surface area contributed by atoms with Crippen molar-refractivity contribution in [3.63, 3.8) is 0 Å². The highest BCUT2D eigenvalue weighted by molar-refractivity contribution is 6.31. The van der Waals surface area contributed by atoms with Crippen molar-refractivity contribution < 1.29 is 40.2 Å². The van der Waals surface area contributed by atoms with Crippen LogP contribution in [0.5, 0.6) is 0 Å². The average molecular weight is 553 g/mol. The number of ether oxygens (including phenoxy) is 2. The van der Waals surface area contributed by atoms with Crippen LogP contribution in [0.15, 0.2) is 35.3 Å². The molecule has 2 N–H and O–H groups in total. The monoisotopic (exact) mass is 552 g/mol. The molecule has 1 aliphatic carbocycles. The predicted molar refractivity (Wildman–Crippen MR) is 119 cm³/mol. The Hall–Kier alpha value is -2.64. The highest BCUT2D eigenvalue weighted by Gasteiger charge is 2.65. The van der Waals surface area contributed by atoms with E-state index in [-0.39, 0.29) is 22.6 Å². The number of amidine groups is 1. The van der Waals surface area contributed by atoms with Crippen molar-refractivity contribution in [1.82, 2.24) is 4.98 Å². The molecule has 1 saturated carbocycles. The number of aromatic nitrogens is 1. The predicted octanol–water partition coefficient (Wildman–Crippen LogP) is 5.70. The van der Waals surface area contributed by atoms with Gasteiger partial charge < -0.3 is 20.1 Å². The van der Waals surface area contributed by atoms with Crippen LogP contribution in [0.3, 0.4) is 0 Å². The second kappa shape index (κ2) is 8.43. The molecule has 37 heavy (non-hydrogen) atoms. The summed E-state index contributed by atoms with van der Waals surface area (Å²) in [5.74, 6) is -2.91. The van der Waals surface area contributed by atoms with E-state index < -0.39 is 71.2 Å². The Morgan fingerprint density at radius 3 is 2.38 bits per heavy atom. The first-order valence-electron chi connectivity index (χ1n) is 11.1. The Labute approximate surface area is 211 Å². The van der Waals surface area contributed by atoms with Gasteiger partial charge in [-0.05, 0) is 50.6 Å². The van der Waals surface area contributed by atoms with Crippen molar-refractivity contribution in [2.24, 2.45) is 16.6 Å². The highest BCUT2D eigenvalue weighted by atomic mass is 35.5. The van der Waals surface area contributed by atoms with Gasteiger partial charge >= 0.3 is 12.4 Å². The summed E-state index contributed by atoms with van der Waals surface area (Å²) < 4.78 is 107. The van der Waals surface area contributed by atoms with Crippen LogP contribution in [0, 0.1) is 11.7 Å². The number of pyridine rings is 1. The molecular weight excluding hydrogens is 533 g/mol. The van der Waals surface area contributed by atoms with Gasteiger partial charge in [-0.25, -0.2) is 14.4 Å². The zero-order valence-electron chi connectivity index (χ0n) is 19.2. The highest BCUT2D eigenvalue weighted by Crippen LogP contribution is 2.53. The third-order valence-corrected chi connectivity index (χ3v) is 6.99. The minimum absolute atomic E-state index is 0.0358. The van der Waals surface area contributed by atoms with Crippen LogP contribution in [0.2, 0.25) is 5.02 Å². The van der Waals surface area contributed by atoms with E-state index in [2.05, 4.69) is 9.98 Å². The molecule has 0 spiro atoms. The lowest BCUT2D eigenvalue weighted by molar-refractivity contribution is -0.154. The smallest absolute Gasteiger partial charge is 0.385 e. The second-order valence-electron chi connectivity index (χ2n) is 9.61. The van der Waals surface area contributed by atoms with E-state index in [0.29, 0.717) is 12.5 Å².